The highest BCUT2D eigenvalue weighted by Gasteiger charge is 2.69. The molecule has 9 nitrogen and oxygen atoms in total. The lowest BCUT2D eigenvalue weighted by atomic mass is 9.74. The second kappa shape index (κ2) is 14.3. The molecule has 2 unspecified atom stereocenters. The molecule has 0 spiro atoms. The molecule has 1 heterocycles. The van der Waals surface area contributed by atoms with E-state index in [1.807, 2.05) is 20.8 Å². The van der Waals surface area contributed by atoms with E-state index < -0.39 is 49.6 Å². The predicted octanol–water partition coefficient (Wildman–Crippen LogP) is 5.71. The maximum Gasteiger partial charge on any atom is 0.285 e. The van der Waals surface area contributed by atoms with E-state index in [1.54, 1.807) is 25.7 Å². The molecule has 4 fully saturated rings. The summed E-state index contributed by atoms with van der Waals surface area (Å²) in [7, 11) is -3.45. The smallest absolute Gasteiger partial charge is 0.285 e. The number of primary amides is 1. The van der Waals surface area contributed by atoms with Gasteiger partial charge in [-0.25, -0.2) is 8.42 Å². The molecule has 4 aliphatic rings. The highest BCUT2D eigenvalue weighted by molar-refractivity contribution is 7.92. The molecule has 48 heavy (non-hydrogen) atoms. The zero-order valence-corrected chi connectivity index (χ0v) is 31.6. The van der Waals surface area contributed by atoms with Crippen molar-refractivity contribution in [3.8, 4) is 0 Å². The molecule has 4 rings (SSSR count). The van der Waals surface area contributed by atoms with Crippen molar-refractivity contribution in [3.05, 3.63) is 0 Å². The Bertz CT molecular complexity index is 1360. The first-order chi connectivity index (χ1) is 22.1. The zero-order valence-electron chi connectivity index (χ0n) is 30.8. The number of nitrogens with two attached hydrogens (primary N) is 1. The summed E-state index contributed by atoms with van der Waals surface area (Å²) in [6, 6.07) is -0.714. The first-order valence-electron chi connectivity index (χ1n) is 18.5. The van der Waals surface area contributed by atoms with Gasteiger partial charge in [-0.1, -0.05) is 86.0 Å². The van der Waals surface area contributed by atoms with Crippen LogP contribution in [0.4, 0.5) is 0 Å². The van der Waals surface area contributed by atoms with E-state index in [1.165, 1.54) is 0 Å². The van der Waals surface area contributed by atoms with Gasteiger partial charge >= 0.3 is 0 Å². The number of nitrogens with zero attached hydrogens (tertiary/aromatic N) is 1. The van der Waals surface area contributed by atoms with E-state index in [-0.39, 0.29) is 71.6 Å². The third-order valence-electron chi connectivity index (χ3n) is 12.7. The largest absolute Gasteiger partial charge is 0.363 e. The lowest BCUT2D eigenvalue weighted by Crippen LogP contribution is -2.51. The van der Waals surface area contributed by atoms with E-state index in [4.69, 9.17) is 5.73 Å². The molecule has 1 saturated heterocycles. The topological polar surface area (TPSA) is 149 Å². The first-order valence-corrected chi connectivity index (χ1v) is 20.1. The number of hydrogen-bond donors (Lipinski definition) is 1. The van der Waals surface area contributed by atoms with Gasteiger partial charge in [-0.15, -0.1) is 0 Å². The molecule has 0 aromatic carbocycles. The van der Waals surface area contributed by atoms with Crippen LogP contribution in [-0.2, 0) is 33.8 Å². The molecule has 272 valence electrons. The average molecular weight is 691 g/mol. The number of ketones is 3. The van der Waals surface area contributed by atoms with E-state index in [0.717, 1.165) is 51.4 Å². The van der Waals surface area contributed by atoms with Crippen LogP contribution in [0.2, 0.25) is 0 Å². The van der Waals surface area contributed by atoms with Gasteiger partial charge in [0, 0.05) is 37.6 Å². The van der Waals surface area contributed by atoms with Crippen molar-refractivity contribution in [1.82, 2.24) is 4.90 Å². The van der Waals surface area contributed by atoms with Crippen molar-refractivity contribution in [1.29, 1.82) is 0 Å². The summed E-state index contributed by atoms with van der Waals surface area (Å²) in [5, 5.41) is 0. The molecule has 10 heteroatoms. The molecule has 0 aromatic heterocycles. The third kappa shape index (κ3) is 8.43. The molecule has 3 aliphatic carbocycles. The van der Waals surface area contributed by atoms with Crippen molar-refractivity contribution in [3.63, 3.8) is 0 Å². The summed E-state index contributed by atoms with van der Waals surface area (Å²) in [4.78, 5) is 68.9. The number of hydrogen-bond acceptors (Lipinski definition) is 7. The van der Waals surface area contributed by atoms with Crippen LogP contribution in [0.25, 0.3) is 0 Å². The van der Waals surface area contributed by atoms with Crippen LogP contribution in [0, 0.1) is 52.3 Å². The van der Waals surface area contributed by atoms with Crippen LogP contribution in [0.5, 0.6) is 0 Å². The monoisotopic (exact) mass is 690 g/mol. The van der Waals surface area contributed by atoms with Gasteiger partial charge in [0.25, 0.3) is 5.91 Å². The number of Topliss-reactive ketones (excluding diaryl/α,β-unsaturated/α-hetero) is 3. The van der Waals surface area contributed by atoms with Crippen molar-refractivity contribution in [2.45, 2.75) is 143 Å². The fourth-order valence-electron chi connectivity index (χ4n) is 8.93. The zero-order chi connectivity index (χ0) is 36.0. The van der Waals surface area contributed by atoms with Gasteiger partial charge < -0.3 is 10.6 Å². The van der Waals surface area contributed by atoms with Gasteiger partial charge in [0.1, 0.15) is 5.78 Å². The lowest BCUT2D eigenvalue weighted by Gasteiger charge is -2.38. The Morgan fingerprint density at radius 2 is 1.46 bits per heavy atom. The number of likely N-dealkylation sites (tertiary alicyclic amines) is 1. The van der Waals surface area contributed by atoms with Gasteiger partial charge in [0.05, 0.1) is 16.5 Å². The molecule has 1 aliphatic heterocycles. The first kappa shape index (κ1) is 38.7. The minimum absolute atomic E-state index is 0.0122. The summed E-state index contributed by atoms with van der Waals surface area (Å²) in [5.41, 5.74) is 4.68. The van der Waals surface area contributed by atoms with E-state index in [2.05, 4.69) is 13.8 Å². The van der Waals surface area contributed by atoms with Crippen molar-refractivity contribution >= 4 is 39.0 Å². The number of rotatable bonds is 15. The van der Waals surface area contributed by atoms with Crippen molar-refractivity contribution in [2.75, 3.05) is 12.3 Å². The summed E-state index contributed by atoms with van der Waals surface area (Å²) >= 11 is 0. The Morgan fingerprint density at radius 1 is 0.854 bits per heavy atom. The van der Waals surface area contributed by atoms with Crippen LogP contribution < -0.4 is 5.73 Å². The summed E-state index contributed by atoms with van der Waals surface area (Å²) < 4.78 is 25.7. The van der Waals surface area contributed by atoms with Crippen molar-refractivity contribution in [2.24, 2.45) is 58.0 Å². The van der Waals surface area contributed by atoms with Gasteiger partial charge in [0.15, 0.2) is 15.6 Å². The molecule has 6 atom stereocenters. The molecular weight excluding hydrogens is 628 g/mol. The maximum atomic E-state index is 14.5. The maximum absolute atomic E-state index is 14.5. The Labute approximate surface area is 289 Å². The van der Waals surface area contributed by atoms with Crippen molar-refractivity contribution < 1.29 is 32.4 Å². The Hall–Kier alpha value is -2.10. The Balaban J connectivity index is 1.54. The minimum atomic E-state index is -3.45. The number of fused-ring (bicyclic) bond motifs is 1. The number of piperidine rings is 1. The number of sulfone groups is 1. The molecule has 2 amide bonds. The van der Waals surface area contributed by atoms with Gasteiger partial charge in [-0.05, 0) is 67.6 Å². The van der Waals surface area contributed by atoms with Gasteiger partial charge in [-0.2, -0.15) is 0 Å². The Kier molecular flexibility index (Phi) is 11.5. The predicted molar refractivity (Wildman–Crippen MR) is 186 cm³/mol. The SMILES string of the molecule is CC(C)(C)[C@H](CC(=O)C[C@H](CS(=O)(=O)C(C)(C)C)C1CCCCC1)C(=O)N1CC2[C@@H]([C@H]1C(=O)CC(CC1CCC1)C(=O)C(N)=O)C2(C)C. The highest BCUT2D eigenvalue weighted by Crippen LogP contribution is 2.65. The quantitative estimate of drug-likeness (QED) is 0.216. The van der Waals surface area contributed by atoms with Crippen LogP contribution >= 0.6 is 0 Å². The summed E-state index contributed by atoms with van der Waals surface area (Å²) in [6.07, 6.45) is 8.46. The fourth-order valence-corrected chi connectivity index (χ4v) is 10.4. The summed E-state index contributed by atoms with van der Waals surface area (Å²) in [6.45, 7) is 15.5. The molecule has 0 radical (unpaired) electrons. The van der Waals surface area contributed by atoms with Gasteiger partial charge in [-0.3, -0.25) is 24.0 Å². The van der Waals surface area contributed by atoms with E-state index >= 15 is 0 Å². The average Bonchev–Trinajstić information content (AvgIpc) is 3.26. The normalized spacial score (nSPS) is 26.6. The molecule has 0 aromatic rings. The fraction of sp³-hybridized carbons (Fsp3) is 0.868. The second-order valence-corrected chi connectivity index (χ2v) is 21.2. The number of amides is 2. The van der Waals surface area contributed by atoms with Crippen LogP contribution in [0.1, 0.15) is 132 Å². The van der Waals surface area contributed by atoms with Gasteiger partial charge in [0.2, 0.25) is 11.7 Å². The number of carbonyl (C=O) groups is 5. The standard InChI is InChI=1S/C38H62N2O7S/c1-36(2,3)28(20-27(41)18-26(24-15-10-9-11-16-24)22-48(46,47)37(4,5)6)35(45)40-21-29-31(38(29,7)8)32(40)30(42)19-25(33(43)34(39)44)17-23-13-12-14-23/h23-26,28-29,31-32H,9-22H2,1-8H3,(H2,39,44)/t25?,26-,28-,29?,31+,32-/m1/s1. The van der Waals surface area contributed by atoms with Crippen LogP contribution in [-0.4, -0.2) is 65.6 Å². The van der Waals surface area contributed by atoms with Crippen LogP contribution in [0.15, 0.2) is 0 Å². The second-order valence-electron chi connectivity index (χ2n) is 18.4. The highest BCUT2D eigenvalue weighted by atomic mass is 32.2. The molecule has 0 bridgehead atoms. The number of carbonyl (C=O) groups excluding carboxylic acids is 5. The third-order valence-corrected chi connectivity index (χ3v) is 15.4. The lowest BCUT2D eigenvalue weighted by molar-refractivity contribution is -0.148. The molecular formula is C38H62N2O7S. The van der Waals surface area contributed by atoms with E-state index in [0.29, 0.717) is 18.9 Å². The van der Waals surface area contributed by atoms with E-state index in [9.17, 15) is 32.4 Å². The van der Waals surface area contributed by atoms with Crippen LogP contribution in [0.3, 0.4) is 0 Å². The molecule has 2 N–H and O–H groups in total. The summed E-state index contributed by atoms with van der Waals surface area (Å²) in [5.74, 6) is -3.52. The minimum Gasteiger partial charge on any atom is -0.363 e. The Morgan fingerprint density at radius 3 is 1.96 bits per heavy atom. The molecule has 3 saturated carbocycles.